The van der Waals surface area contributed by atoms with Gasteiger partial charge in [-0.1, -0.05) is 30.7 Å². The Morgan fingerprint density at radius 2 is 1.77 bits per heavy atom. The highest BCUT2D eigenvalue weighted by Gasteiger charge is 2.09. The smallest absolute Gasteiger partial charge is 0.255 e. The summed E-state index contributed by atoms with van der Waals surface area (Å²) in [5.41, 5.74) is 4.09. The molecule has 2 aromatic carbocycles. The number of rotatable bonds is 4. The molecule has 2 amide bonds. The molecule has 0 saturated heterocycles. The highest BCUT2D eigenvalue weighted by atomic mass is 16.2. The zero-order chi connectivity index (χ0) is 16.1. The molecule has 22 heavy (non-hydrogen) atoms. The maximum absolute atomic E-state index is 12.3. The van der Waals surface area contributed by atoms with Gasteiger partial charge in [-0.05, 0) is 43.7 Å². The lowest BCUT2D eigenvalue weighted by atomic mass is 10.1. The topological polar surface area (TPSA) is 58.2 Å². The van der Waals surface area contributed by atoms with E-state index < -0.39 is 0 Å². The summed E-state index contributed by atoms with van der Waals surface area (Å²) in [4.78, 5) is 23.8. The lowest BCUT2D eigenvalue weighted by Gasteiger charge is -2.10. The van der Waals surface area contributed by atoms with Gasteiger partial charge < -0.3 is 10.6 Å². The van der Waals surface area contributed by atoms with Crippen LogP contribution in [0.5, 0.6) is 0 Å². The van der Waals surface area contributed by atoms with Crippen molar-refractivity contribution < 1.29 is 9.59 Å². The van der Waals surface area contributed by atoms with E-state index in [2.05, 4.69) is 10.6 Å². The van der Waals surface area contributed by atoms with Gasteiger partial charge in [0.05, 0.1) is 0 Å². The summed E-state index contributed by atoms with van der Waals surface area (Å²) in [6.07, 6.45) is 0.402. The Morgan fingerprint density at radius 3 is 2.45 bits per heavy atom. The van der Waals surface area contributed by atoms with Crippen molar-refractivity contribution in [3.8, 4) is 0 Å². The minimum absolute atomic E-state index is 0.0769. The van der Waals surface area contributed by atoms with Crippen molar-refractivity contribution in [3.05, 3.63) is 59.2 Å². The van der Waals surface area contributed by atoms with Crippen molar-refractivity contribution in [2.24, 2.45) is 0 Å². The second kappa shape index (κ2) is 6.89. The highest BCUT2D eigenvalue weighted by molar-refractivity contribution is 6.05. The number of hydrogen-bond acceptors (Lipinski definition) is 2. The molecule has 0 aromatic heterocycles. The summed E-state index contributed by atoms with van der Waals surface area (Å²) in [6, 6.07) is 12.8. The second-order valence-electron chi connectivity index (χ2n) is 5.26. The van der Waals surface area contributed by atoms with E-state index in [0.717, 1.165) is 16.8 Å². The van der Waals surface area contributed by atoms with Crippen LogP contribution in [-0.4, -0.2) is 11.8 Å². The molecule has 0 heterocycles. The molecular formula is C18H20N2O2. The second-order valence-corrected chi connectivity index (χ2v) is 5.26. The van der Waals surface area contributed by atoms with Gasteiger partial charge in [0.1, 0.15) is 0 Å². The first-order valence-corrected chi connectivity index (χ1v) is 7.28. The summed E-state index contributed by atoms with van der Waals surface area (Å²) < 4.78 is 0. The number of aryl methyl sites for hydroxylation is 2. The van der Waals surface area contributed by atoms with Crippen LogP contribution in [0.2, 0.25) is 0 Å². The SMILES string of the molecule is CCC(=O)Nc1cccc(C(=O)Nc2ccc(C)cc2C)c1. The van der Waals surface area contributed by atoms with Crippen molar-refractivity contribution in [2.75, 3.05) is 10.6 Å². The zero-order valence-corrected chi connectivity index (χ0v) is 13.1. The molecule has 2 aromatic rings. The average Bonchev–Trinajstić information content (AvgIpc) is 2.50. The molecule has 2 N–H and O–H groups in total. The number of hydrogen-bond donors (Lipinski definition) is 2. The predicted octanol–water partition coefficient (Wildman–Crippen LogP) is 3.90. The van der Waals surface area contributed by atoms with E-state index in [1.165, 1.54) is 0 Å². The molecule has 0 bridgehead atoms. The molecule has 0 aliphatic carbocycles. The molecule has 0 spiro atoms. The van der Waals surface area contributed by atoms with Crippen LogP contribution in [0.25, 0.3) is 0 Å². The fourth-order valence-electron chi connectivity index (χ4n) is 2.14. The van der Waals surface area contributed by atoms with E-state index in [1.54, 1.807) is 31.2 Å². The van der Waals surface area contributed by atoms with Crippen LogP contribution in [-0.2, 0) is 4.79 Å². The van der Waals surface area contributed by atoms with Crippen LogP contribution < -0.4 is 10.6 Å². The number of nitrogens with one attached hydrogen (secondary N) is 2. The molecule has 0 aliphatic heterocycles. The average molecular weight is 296 g/mol. The minimum Gasteiger partial charge on any atom is -0.326 e. The molecule has 0 fully saturated rings. The number of benzene rings is 2. The maximum Gasteiger partial charge on any atom is 0.255 e. The Bertz CT molecular complexity index is 708. The van der Waals surface area contributed by atoms with E-state index in [1.807, 2.05) is 32.0 Å². The first-order chi connectivity index (χ1) is 10.5. The molecule has 0 aliphatic rings. The normalized spacial score (nSPS) is 10.1. The van der Waals surface area contributed by atoms with Crippen molar-refractivity contribution in [2.45, 2.75) is 27.2 Å². The molecule has 0 radical (unpaired) electrons. The number of anilines is 2. The van der Waals surface area contributed by atoms with Gasteiger partial charge in [0.2, 0.25) is 5.91 Å². The number of amides is 2. The third-order valence-electron chi connectivity index (χ3n) is 3.36. The largest absolute Gasteiger partial charge is 0.326 e. The first kappa shape index (κ1) is 15.8. The van der Waals surface area contributed by atoms with E-state index in [4.69, 9.17) is 0 Å². The van der Waals surface area contributed by atoms with Crippen molar-refractivity contribution in [1.82, 2.24) is 0 Å². The monoisotopic (exact) mass is 296 g/mol. The lowest BCUT2D eigenvalue weighted by molar-refractivity contribution is -0.115. The first-order valence-electron chi connectivity index (χ1n) is 7.28. The molecule has 0 saturated carbocycles. The van der Waals surface area contributed by atoms with Crippen LogP contribution in [0.4, 0.5) is 11.4 Å². The number of carbonyl (C=O) groups is 2. The van der Waals surface area contributed by atoms with Crippen LogP contribution in [0, 0.1) is 13.8 Å². The minimum atomic E-state index is -0.195. The van der Waals surface area contributed by atoms with Gasteiger partial charge in [0.15, 0.2) is 0 Å². The van der Waals surface area contributed by atoms with Crippen LogP contribution >= 0.6 is 0 Å². The van der Waals surface area contributed by atoms with Gasteiger partial charge in [-0.2, -0.15) is 0 Å². The molecule has 2 rings (SSSR count). The molecule has 0 atom stereocenters. The predicted molar refractivity (Wildman–Crippen MR) is 89.2 cm³/mol. The van der Waals surface area contributed by atoms with E-state index in [-0.39, 0.29) is 11.8 Å². The summed E-state index contributed by atoms with van der Waals surface area (Å²) in [5.74, 6) is -0.272. The van der Waals surface area contributed by atoms with Gasteiger partial charge in [-0.3, -0.25) is 9.59 Å². The highest BCUT2D eigenvalue weighted by Crippen LogP contribution is 2.18. The summed E-state index contributed by atoms with van der Waals surface area (Å²) in [7, 11) is 0. The van der Waals surface area contributed by atoms with Gasteiger partial charge in [-0.15, -0.1) is 0 Å². The Labute approximate surface area is 130 Å². The van der Waals surface area contributed by atoms with Crippen LogP contribution in [0.3, 0.4) is 0 Å². The summed E-state index contributed by atoms with van der Waals surface area (Å²) in [5, 5.41) is 5.65. The quantitative estimate of drug-likeness (QED) is 0.899. The molecule has 4 heteroatoms. The van der Waals surface area contributed by atoms with Gasteiger partial charge in [0.25, 0.3) is 5.91 Å². The van der Waals surface area contributed by atoms with E-state index in [9.17, 15) is 9.59 Å². The van der Waals surface area contributed by atoms with Crippen molar-refractivity contribution >= 4 is 23.2 Å². The van der Waals surface area contributed by atoms with Crippen LogP contribution in [0.1, 0.15) is 34.8 Å². The van der Waals surface area contributed by atoms with E-state index >= 15 is 0 Å². The van der Waals surface area contributed by atoms with Gasteiger partial charge in [-0.25, -0.2) is 0 Å². The van der Waals surface area contributed by atoms with E-state index in [0.29, 0.717) is 17.7 Å². The third-order valence-corrected chi connectivity index (χ3v) is 3.36. The Kier molecular flexibility index (Phi) is 4.94. The Balaban J connectivity index is 2.15. The third kappa shape index (κ3) is 3.95. The Hall–Kier alpha value is -2.62. The maximum atomic E-state index is 12.3. The van der Waals surface area contributed by atoms with Crippen molar-refractivity contribution in [3.63, 3.8) is 0 Å². The lowest BCUT2D eigenvalue weighted by Crippen LogP contribution is -2.14. The summed E-state index contributed by atoms with van der Waals surface area (Å²) in [6.45, 7) is 5.76. The molecule has 114 valence electrons. The number of carbonyl (C=O) groups excluding carboxylic acids is 2. The molecule has 4 nitrogen and oxygen atoms in total. The van der Waals surface area contributed by atoms with Gasteiger partial charge in [0, 0.05) is 23.4 Å². The van der Waals surface area contributed by atoms with Crippen molar-refractivity contribution in [1.29, 1.82) is 0 Å². The standard InChI is InChI=1S/C18H20N2O2/c1-4-17(21)19-15-7-5-6-14(11-15)18(22)20-16-9-8-12(2)10-13(16)3/h5-11H,4H2,1-3H3,(H,19,21)(H,20,22). The molecule has 0 unspecified atom stereocenters. The van der Waals surface area contributed by atoms with Crippen LogP contribution in [0.15, 0.2) is 42.5 Å². The fraction of sp³-hybridized carbons (Fsp3) is 0.222. The Morgan fingerprint density at radius 1 is 1.00 bits per heavy atom. The zero-order valence-electron chi connectivity index (χ0n) is 13.1. The fourth-order valence-corrected chi connectivity index (χ4v) is 2.14. The molecular weight excluding hydrogens is 276 g/mol. The summed E-state index contributed by atoms with van der Waals surface area (Å²) >= 11 is 0. The van der Waals surface area contributed by atoms with Gasteiger partial charge >= 0.3 is 0 Å².